The molecule has 0 bridgehead atoms. The second-order valence-corrected chi connectivity index (χ2v) is 13.4. The van der Waals surface area contributed by atoms with Gasteiger partial charge < -0.3 is 0 Å². The molecule has 0 heterocycles. The van der Waals surface area contributed by atoms with Crippen LogP contribution in [0.25, 0.3) is 0 Å². The van der Waals surface area contributed by atoms with Crippen molar-refractivity contribution in [3.63, 3.8) is 0 Å². The highest BCUT2D eigenvalue weighted by atomic mass is 127. The molecule has 1 heteroatoms. The molecule has 8 atom stereocenters. The summed E-state index contributed by atoms with van der Waals surface area (Å²) in [6.07, 6.45) is 21.8. The van der Waals surface area contributed by atoms with Gasteiger partial charge in [-0.25, -0.2) is 0 Å². The Kier molecular flexibility index (Phi) is 6.62. The number of fused-ring (bicyclic) bond motifs is 5. The van der Waals surface area contributed by atoms with Gasteiger partial charge in [-0.2, -0.15) is 0 Å². The fourth-order valence-electron chi connectivity index (χ4n) is 8.69. The van der Waals surface area contributed by atoms with Gasteiger partial charge in [-0.3, -0.25) is 0 Å². The summed E-state index contributed by atoms with van der Waals surface area (Å²) in [7, 11) is 0. The number of halogens is 1. The van der Waals surface area contributed by atoms with E-state index >= 15 is 0 Å². The number of allylic oxidation sites excluding steroid dienone is 2. The minimum atomic E-state index is 0.551. The van der Waals surface area contributed by atoms with Crippen molar-refractivity contribution in [3.05, 3.63) is 11.6 Å². The SMILES string of the molecule is CCCCCC[C@@H](C)[C@H]1CC[C@H]2[C@@H]3CC=C4C[C@@H](I)CC[C@]4(C)[C@H]3CC[C@]12C. The fourth-order valence-corrected chi connectivity index (χ4v) is 9.47. The molecule has 0 unspecified atom stereocenters. The lowest BCUT2D eigenvalue weighted by Gasteiger charge is -2.58. The molecule has 0 aromatic carbocycles. The summed E-state index contributed by atoms with van der Waals surface area (Å²) in [5.74, 6) is 4.96. The van der Waals surface area contributed by atoms with Crippen LogP contribution in [0.5, 0.6) is 0 Å². The first-order chi connectivity index (χ1) is 13.4. The number of alkyl halides is 1. The molecule has 4 aliphatic rings. The van der Waals surface area contributed by atoms with Crippen LogP contribution in [0.4, 0.5) is 0 Å². The zero-order valence-corrected chi connectivity index (χ0v) is 21.3. The minimum Gasteiger partial charge on any atom is -0.0844 e. The highest BCUT2D eigenvalue weighted by molar-refractivity contribution is 14.1. The quantitative estimate of drug-likeness (QED) is 0.149. The first-order valence-corrected chi connectivity index (χ1v) is 14.0. The van der Waals surface area contributed by atoms with E-state index in [-0.39, 0.29) is 0 Å². The molecule has 0 aromatic heterocycles. The van der Waals surface area contributed by atoms with E-state index in [9.17, 15) is 0 Å². The Morgan fingerprint density at radius 2 is 1.86 bits per heavy atom. The standard InChI is InChI=1S/C27H45I/c1-5-6-7-8-9-19(2)23-12-13-24-22-11-10-20-18-21(28)14-16-26(20,3)25(22)15-17-27(23,24)4/h10,19,21-25H,5-9,11-18H2,1-4H3/t19-,21+,22+,23-,24+,25+,26+,27-/m1/s1. The molecule has 4 aliphatic carbocycles. The maximum Gasteiger partial charge on any atom is 0.0147 e. The van der Waals surface area contributed by atoms with Crippen LogP contribution >= 0.6 is 22.6 Å². The van der Waals surface area contributed by atoms with Crippen LogP contribution in [-0.4, -0.2) is 3.92 Å². The molecule has 3 fully saturated rings. The molecule has 0 N–H and O–H groups in total. The van der Waals surface area contributed by atoms with E-state index in [1.165, 1.54) is 83.5 Å². The molecule has 28 heavy (non-hydrogen) atoms. The molecule has 160 valence electrons. The summed E-state index contributed by atoms with van der Waals surface area (Å²) in [5.41, 5.74) is 3.06. The summed E-state index contributed by atoms with van der Waals surface area (Å²) >= 11 is 2.71. The lowest BCUT2D eigenvalue weighted by Crippen LogP contribution is -2.50. The van der Waals surface area contributed by atoms with Gasteiger partial charge in [0.15, 0.2) is 0 Å². The lowest BCUT2D eigenvalue weighted by molar-refractivity contribution is -0.0495. The van der Waals surface area contributed by atoms with Gasteiger partial charge >= 0.3 is 0 Å². The summed E-state index contributed by atoms with van der Waals surface area (Å²) in [4.78, 5) is 0. The summed E-state index contributed by atoms with van der Waals surface area (Å²) in [6.45, 7) is 10.3. The van der Waals surface area contributed by atoms with E-state index in [0.717, 1.165) is 33.5 Å². The third-order valence-electron chi connectivity index (χ3n) is 10.3. The third-order valence-corrected chi connectivity index (χ3v) is 11.4. The van der Waals surface area contributed by atoms with Crippen molar-refractivity contribution in [1.29, 1.82) is 0 Å². The van der Waals surface area contributed by atoms with Crippen molar-refractivity contribution in [2.24, 2.45) is 40.4 Å². The Balaban J connectivity index is 1.47. The normalized spacial score (nSPS) is 46.3. The van der Waals surface area contributed by atoms with Crippen LogP contribution in [0.1, 0.15) is 111 Å². The first kappa shape index (κ1) is 21.7. The van der Waals surface area contributed by atoms with E-state index in [2.05, 4.69) is 56.4 Å². The number of unbranched alkanes of at least 4 members (excludes halogenated alkanes) is 3. The second kappa shape index (κ2) is 8.54. The van der Waals surface area contributed by atoms with Crippen LogP contribution in [0, 0.1) is 40.4 Å². The van der Waals surface area contributed by atoms with E-state index in [1.807, 2.05) is 5.57 Å². The molecule has 0 saturated heterocycles. The van der Waals surface area contributed by atoms with Crippen LogP contribution in [0.3, 0.4) is 0 Å². The molecule has 4 rings (SSSR count). The van der Waals surface area contributed by atoms with Gasteiger partial charge in [0.2, 0.25) is 0 Å². The zero-order chi connectivity index (χ0) is 19.9. The maximum absolute atomic E-state index is 2.75. The molecule has 0 radical (unpaired) electrons. The highest BCUT2D eigenvalue weighted by Gasteiger charge is 2.58. The molecule has 0 spiro atoms. The molecule has 0 nitrogen and oxygen atoms in total. The Morgan fingerprint density at radius 1 is 1.04 bits per heavy atom. The van der Waals surface area contributed by atoms with Gasteiger partial charge in [-0.05, 0) is 91.8 Å². The first-order valence-electron chi connectivity index (χ1n) is 12.7. The molecule has 0 amide bonds. The number of hydrogen-bond donors (Lipinski definition) is 0. The van der Waals surface area contributed by atoms with Crippen molar-refractivity contribution >= 4 is 22.6 Å². The van der Waals surface area contributed by atoms with E-state index < -0.39 is 0 Å². The van der Waals surface area contributed by atoms with E-state index in [0.29, 0.717) is 10.8 Å². The van der Waals surface area contributed by atoms with Crippen LogP contribution in [0.2, 0.25) is 0 Å². The second-order valence-electron chi connectivity index (χ2n) is 11.7. The maximum atomic E-state index is 2.75. The molecule has 0 aliphatic heterocycles. The Hall–Kier alpha value is 0.470. The Morgan fingerprint density at radius 3 is 2.64 bits per heavy atom. The van der Waals surface area contributed by atoms with Crippen LogP contribution in [0.15, 0.2) is 11.6 Å². The third kappa shape index (κ3) is 3.66. The largest absolute Gasteiger partial charge is 0.0844 e. The summed E-state index contributed by atoms with van der Waals surface area (Å²) < 4.78 is 0.895. The molecule has 0 aromatic rings. The van der Waals surface area contributed by atoms with Gasteiger partial charge in [0.05, 0.1) is 0 Å². The minimum absolute atomic E-state index is 0.551. The number of rotatable bonds is 6. The van der Waals surface area contributed by atoms with Gasteiger partial charge in [-0.15, -0.1) is 0 Å². The average Bonchev–Trinajstić information content (AvgIpc) is 3.03. The zero-order valence-electron chi connectivity index (χ0n) is 19.1. The average molecular weight is 497 g/mol. The number of hydrogen-bond acceptors (Lipinski definition) is 0. The smallest absolute Gasteiger partial charge is 0.0147 e. The van der Waals surface area contributed by atoms with Crippen molar-refractivity contribution in [3.8, 4) is 0 Å². The lowest BCUT2D eigenvalue weighted by atomic mass is 9.47. The summed E-state index contributed by atoms with van der Waals surface area (Å²) in [5, 5.41) is 0. The van der Waals surface area contributed by atoms with Crippen molar-refractivity contribution in [2.75, 3.05) is 0 Å². The van der Waals surface area contributed by atoms with Gasteiger partial charge in [0.25, 0.3) is 0 Å². The van der Waals surface area contributed by atoms with Crippen molar-refractivity contribution < 1.29 is 0 Å². The molecule has 3 saturated carbocycles. The van der Waals surface area contributed by atoms with Gasteiger partial charge in [-0.1, -0.05) is 94.0 Å². The fraction of sp³-hybridized carbons (Fsp3) is 0.926. The monoisotopic (exact) mass is 496 g/mol. The van der Waals surface area contributed by atoms with Crippen molar-refractivity contribution in [1.82, 2.24) is 0 Å². The van der Waals surface area contributed by atoms with Crippen LogP contribution in [-0.2, 0) is 0 Å². The Labute approximate surface area is 189 Å². The molecular formula is C27H45I. The Bertz CT molecular complexity index is 579. The highest BCUT2D eigenvalue weighted by Crippen LogP contribution is 2.67. The molecular weight excluding hydrogens is 451 g/mol. The van der Waals surface area contributed by atoms with Crippen molar-refractivity contribution in [2.45, 2.75) is 115 Å². The van der Waals surface area contributed by atoms with Gasteiger partial charge in [0, 0.05) is 3.92 Å². The topological polar surface area (TPSA) is 0 Å². The van der Waals surface area contributed by atoms with Crippen LogP contribution < -0.4 is 0 Å². The van der Waals surface area contributed by atoms with Gasteiger partial charge in [0.1, 0.15) is 0 Å². The van der Waals surface area contributed by atoms with E-state index in [1.54, 1.807) is 0 Å². The predicted octanol–water partition coefficient (Wildman–Crippen LogP) is 8.98. The predicted molar refractivity (Wildman–Crippen MR) is 131 cm³/mol. The van der Waals surface area contributed by atoms with E-state index in [4.69, 9.17) is 0 Å². The summed E-state index contributed by atoms with van der Waals surface area (Å²) in [6, 6.07) is 0.